The number of aryl methyl sites for hydroxylation is 1. The minimum Gasteiger partial charge on any atom is -0.494 e. The Kier molecular flexibility index (Phi) is 6.06. The first-order chi connectivity index (χ1) is 14.2. The molecule has 0 bridgehead atoms. The molecule has 0 radical (unpaired) electrons. The number of esters is 1. The molecule has 0 saturated heterocycles. The van der Waals surface area contributed by atoms with E-state index in [1.54, 1.807) is 18.2 Å². The van der Waals surface area contributed by atoms with E-state index in [-0.39, 0.29) is 5.97 Å². The molecule has 5 heteroatoms. The van der Waals surface area contributed by atoms with Crippen LogP contribution in [0.5, 0.6) is 5.75 Å². The van der Waals surface area contributed by atoms with Crippen LogP contribution in [0.1, 0.15) is 28.8 Å². The van der Waals surface area contributed by atoms with Crippen molar-refractivity contribution in [1.82, 2.24) is 0 Å². The van der Waals surface area contributed by atoms with Crippen LogP contribution in [0.25, 0.3) is 0 Å². The largest absolute Gasteiger partial charge is 0.494 e. The first kappa shape index (κ1) is 19.4. The molecular formula is C24H23NO3S. The minimum absolute atomic E-state index is 0.351. The number of anilines is 2. The number of benzene rings is 3. The fraction of sp³-hybridized carbons (Fsp3) is 0.208. The molecule has 1 aliphatic heterocycles. The van der Waals surface area contributed by atoms with Gasteiger partial charge in [0.25, 0.3) is 0 Å². The molecule has 1 N–H and O–H groups in total. The summed E-state index contributed by atoms with van der Waals surface area (Å²) in [4.78, 5) is 14.1. The van der Waals surface area contributed by atoms with Crippen molar-refractivity contribution in [1.29, 1.82) is 0 Å². The Hall–Kier alpha value is -2.92. The highest BCUT2D eigenvalue weighted by Crippen LogP contribution is 2.45. The van der Waals surface area contributed by atoms with E-state index in [4.69, 9.17) is 9.47 Å². The van der Waals surface area contributed by atoms with Crippen molar-refractivity contribution in [2.75, 3.05) is 19.0 Å². The van der Waals surface area contributed by atoms with Crippen LogP contribution in [0.4, 0.5) is 11.4 Å². The maximum Gasteiger partial charge on any atom is 0.337 e. The van der Waals surface area contributed by atoms with Gasteiger partial charge in [0.05, 0.1) is 30.7 Å². The lowest BCUT2D eigenvalue weighted by Crippen LogP contribution is -2.05. The van der Waals surface area contributed by atoms with Crippen LogP contribution in [0.3, 0.4) is 0 Å². The third-order valence-corrected chi connectivity index (χ3v) is 5.98. The van der Waals surface area contributed by atoms with Crippen LogP contribution >= 0.6 is 11.8 Å². The molecule has 3 aromatic rings. The molecule has 1 aliphatic rings. The van der Waals surface area contributed by atoms with Crippen molar-refractivity contribution >= 4 is 29.1 Å². The van der Waals surface area contributed by atoms with Crippen molar-refractivity contribution in [3.05, 3.63) is 77.9 Å². The van der Waals surface area contributed by atoms with Gasteiger partial charge in [0.15, 0.2) is 0 Å². The number of methoxy groups -OCH3 is 1. The van der Waals surface area contributed by atoms with E-state index in [1.807, 2.05) is 17.8 Å². The fourth-order valence-corrected chi connectivity index (χ4v) is 4.41. The number of unbranched alkanes of at least 4 members (excludes halogenated alkanes) is 1. The molecule has 0 saturated carbocycles. The summed E-state index contributed by atoms with van der Waals surface area (Å²) >= 11 is 1.82. The second kappa shape index (κ2) is 9.05. The first-order valence-corrected chi connectivity index (χ1v) is 10.5. The second-order valence-corrected chi connectivity index (χ2v) is 7.92. The summed E-state index contributed by atoms with van der Waals surface area (Å²) < 4.78 is 10.6. The smallest absolute Gasteiger partial charge is 0.337 e. The highest BCUT2D eigenvalue weighted by Gasteiger charge is 2.17. The van der Waals surface area contributed by atoms with Gasteiger partial charge in [-0.25, -0.2) is 4.79 Å². The SMILES string of the molecule is COC(=O)c1cccc(OCCCCc2cccc3c2Nc2ccccc2S3)c1. The molecule has 4 rings (SSSR count). The number of rotatable bonds is 7. The number of carbonyl (C=O) groups excluding carboxylic acids is 1. The Bertz CT molecular complexity index is 1020. The number of carbonyl (C=O) groups is 1. The summed E-state index contributed by atoms with van der Waals surface area (Å²) in [6, 6.07) is 22.0. The Balaban J connectivity index is 1.31. The maximum atomic E-state index is 11.6. The van der Waals surface area contributed by atoms with Gasteiger partial charge >= 0.3 is 5.97 Å². The number of hydrogen-bond acceptors (Lipinski definition) is 5. The zero-order valence-corrected chi connectivity index (χ0v) is 17.1. The van der Waals surface area contributed by atoms with Gasteiger partial charge in [-0.3, -0.25) is 0 Å². The fourth-order valence-electron chi connectivity index (χ4n) is 3.36. The van der Waals surface area contributed by atoms with Crippen LogP contribution in [-0.4, -0.2) is 19.7 Å². The van der Waals surface area contributed by atoms with E-state index < -0.39 is 0 Å². The van der Waals surface area contributed by atoms with Crippen LogP contribution < -0.4 is 10.1 Å². The molecule has 148 valence electrons. The van der Waals surface area contributed by atoms with Crippen molar-refractivity contribution in [2.45, 2.75) is 29.1 Å². The predicted molar refractivity (Wildman–Crippen MR) is 117 cm³/mol. The number of nitrogens with one attached hydrogen (secondary N) is 1. The summed E-state index contributed by atoms with van der Waals surface area (Å²) in [7, 11) is 1.38. The van der Waals surface area contributed by atoms with E-state index in [9.17, 15) is 4.79 Å². The molecule has 1 heterocycles. The van der Waals surface area contributed by atoms with Crippen molar-refractivity contribution in [3.8, 4) is 5.75 Å². The van der Waals surface area contributed by atoms with Crippen LogP contribution in [0.2, 0.25) is 0 Å². The normalized spacial score (nSPS) is 11.8. The summed E-state index contributed by atoms with van der Waals surface area (Å²) in [6.07, 6.45) is 2.96. The van der Waals surface area contributed by atoms with E-state index in [1.165, 1.54) is 33.8 Å². The third-order valence-electron chi connectivity index (χ3n) is 4.84. The van der Waals surface area contributed by atoms with E-state index in [0.717, 1.165) is 19.3 Å². The molecule has 0 fully saturated rings. The molecule has 29 heavy (non-hydrogen) atoms. The summed E-state index contributed by atoms with van der Waals surface area (Å²) in [5.41, 5.74) is 4.23. The van der Waals surface area contributed by atoms with E-state index >= 15 is 0 Å². The molecular weight excluding hydrogens is 382 g/mol. The second-order valence-electron chi connectivity index (χ2n) is 6.84. The Morgan fingerprint density at radius 1 is 0.966 bits per heavy atom. The average molecular weight is 406 g/mol. The summed E-state index contributed by atoms with van der Waals surface area (Å²) in [5, 5.41) is 3.60. The molecule has 0 aliphatic carbocycles. The zero-order chi connectivity index (χ0) is 20.1. The topological polar surface area (TPSA) is 47.6 Å². The number of ether oxygens (including phenoxy) is 2. The highest BCUT2D eigenvalue weighted by atomic mass is 32.2. The van der Waals surface area contributed by atoms with Gasteiger partial charge in [-0.05, 0) is 61.2 Å². The van der Waals surface area contributed by atoms with E-state index in [0.29, 0.717) is 17.9 Å². The quantitative estimate of drug-likeness (QED) is 0.298. The minimum atomic E-state index is -0.351. The molecule has 0 aromatic heterocycles. The lowest BCUT2D eigenvalue weighted by Gasteiger charge is -2.23. The van der Waals surface area contributed by atoms with Gasteiger partial charge in [-0.15, -0.1) is 0 Å². The molecule has 0 atom stereocenters. The molecule has 4 nitrogen and oxygen atoms in total. The summed E-state index contributed by atoms with van der Waals surface area (Å²) in [5.74, 6) is 0.343. The lowest BCUT2D eigenvalue weighted by molar-refractivity contribution is 0.0600. The third kappa shape index (κ3) is 4.57. The van der Waals surface area contributed by atoms with Crippen LogP contribution in [0.15, 0.2) is 76.5 Å². The van der Waals surface area contributed by atoms with Crippen LogP contribution in [-0.2, 0) is 11.2 Å². The number of hydrogen-bond donors (Lipinski definition) is 1. The monoisotopic (exact) mass is 405 g/mol. The Morgan fingerprint density at radius 3 is 2.69 bits per heavy atom. The standard InChI is InChI=1S/C24H23NO3S/c1-27-24(26)18-10-6-11-19(16-18)28-15-5-4-8-17-9-7-14-22-23(17)25-20-12-2-3-13-21(20)29-22/h2-3,6-7,9-14,16,25H,4-5,8,15H2,1H3. The zero-order valence-electron chi connectivity index (χ0n) is 16.3. The molecule has 0 amide bonds. The lowest BCUT2D eigenvalue weighted by atomic mass is 10.1. The first-order valence-electron chi connectivity index (χ1n) is 9.71. The van der Waals surface area contributed by atoms with E-state index in [2.05, 4.69) is 47.8 Å². The van der Waals surface area contributed by atoms with Gasteiger partial charge in [0, 0.05) is 9.79 Å². The molecule has 0 unspecified atom stereocenters. The van der Waals surface area contributed by atoms with Gasteiger partial charge in [-0.1, -0.05) is 42.1 Å². The van der Waals surface area contributed by atoms with Crippen molar-refractivity contribution < 1.29 is 14.3 Å². The number of para-hydroxylation sites is 2. The van der Waals surface area contributed by atoms with Gasteiger partial charge in [0.2, 0.25) is 0 Å². The van der Waals surface area contributed by atoms with Crippen LogP contribution in [0, 0.1) is 0 Å². The highest BCUT2D eigenvalue weighted by molar-refractivity contribution is 7.99. The predicted octanol–water partition coefficient (Wildman–Crippen LogP) is 6.08. The van der Waals surface area contributed by atoms with Gasteiger partial charge in [0.1, 0.15) is 5.75 Å². The maximum absolute atomic E-state index is 11.6. The number of fused-ring (bicyclic) bond motifs is 2. The van der Waals surface area contributed by atoms with Gasteiger partial charge in [-0.2, -0.15) is 0 Å². The molecule has 0 spiro atoms. The Labute approximate surface area is 175 Å². The van der Waals surface area contributed by atoms with Crippen molar-refractivity contribution in [2.24, 2.45) is 0 Å². The van der Waals surface area contributed by atoms with Crippen molar-refractivity contribution in [3.63, 3.8) is 0 Å². The molecule has 3 aromatic carbocycles. The van der Waals surface area contributed by atoms with Gasteiger partial charge < -0.3 is 14.8 Å². The Morgan fingerprint density at radius 2 is 1.79 bits per heavy atom. The summed E-state index contributed by atoms with van der Waals surface area (Å²) in [6.45, 7) is 0.616. The average Bonchev–Trinajstić information content (AvgIpc) is 2.77.